The van der Waals surface area contributed by atoms with Crippen LogP contribution in [-0.2, 0) is 20.4 Å². The van der Waals surface area contributed by atoms with E-state index >= 15 is 0 Å². The average Bonchev–Trinajstić information content (AvgIpc) is 3.28. The zero-order chi connectivity index (χ0) is 47.9. The average molecular weight is 1010 g/mol. The molecule has 1 aliphatic carbocycles. The third-order valence-electron chi connectivity index (χ3n) is 14.2. The molecule has 0 atom stereocenters. The summed E-state index contributed by atoms with van der Waals surface area (Å²) in [7, 11) is 36.8. The molecule has 0 spiro atoms. The molecule has 0 N–H and O–H groups in total. The molecule has 65 heavy (non-hydrogen) atoms. The van der Waals surface area contributed by atoms with E-state index in [1.165, 1.54) is 122 Å². The van der Waals surface area contributed by atoms with Crippen LogP contribution >= 0.6 is 0 Å². The molecule has 0 fully saturated rings. The van der Waals surface area contributed by atoms with Crippen LogP contribution in [-0.4, -0.2) is 135 Å². The molecule has 0 heterocycles. The summed E-state index contributed by atoms with van der Waals surface area (Å²) in [5.41, 5.74) is 25.3. The van der Waals surface area contributed by atoms with Crippen LogP contribution in [0.5, 0.6) is 0 Å². The van der Waals surface area contributed by atoms with Gasteiger partial charge in [-0.15, -0.1) is 0 Å². The van der Waals surface area contributed by atoms with Gasteiger partial charge < -0.3 is 37.2 Å². The Morgan fingerprint density at radius 2 is 0.431 bits per heavy atom. The Kier molecular flexibility index (Phi) is 19.6. The fraction of sp³-hybridized carbons (Fsp3) is 0.569. The molecular weight excluding hydrogens is 921 g/mol. The molecule has 0 radical (unpaired) electrons. The maximum absolute atomic E-state index is 3.66. The summed E-state index contributed by atoms with van der Waals surface area (Å²) in [5.74, 6) is 0. The molecule has 0 unspecified atom stereocenters. The van der Waals surface area contributed by atoms with Gasteiger partial charge >= 0.3 is 394 Å². The molecule has 0 aliphatic heterocycles. The van der Waals surface area contributed by atoms with Crippen LogP contribution < -0.4 is 96.9 Å². The van der Waals surface area contributed by atoms with Gasteiger partial charge in [-0.3, -0.25) is 0 Å². The number of hydrogen-bond acceptors (Lipinski definition) is 9. The van der Waals surface area contributed by atoms with Crippen molar-refractivity contribution in [2.24, 2.45) is 0 Å². The van der Waals surface area contributed by atoms with Crippen molar-refractivity contribution in [2.75, 3.05) is 171 Å². The zero-order valence-corrected chi connectivity index (χ0v) is 50.5. The van der Waals surface area contributed by atoms with Crippen LogP contribution in [0.2, 0.25) is 3.34 Å². The first kappa shape index (κ1) is 60.2. The standard InChI is InChI=1S/C51H84N9Si.3ClH.Ti/c1-29-30(2)32(4)48(31(29)3)61(49-36(8)42(55(17)18)39(52(11)12)33(5)45(49)58(23)24,50-37(9)43(56(19)20)40(53(13)14)34(6)46(50)59(25)26)51-38(10)44(57(21)22)41(54(15)16)35(7)47(51)60(27)28;;;;/h1-28H3;3*1H;/q;;;;+3/p-3. The number of halogens is 3. The second-order valence-corrected chi connectivity index (χ2v) is 25.8. The summed E-state index contributed by atoms with van der Waals surface area (Å²) >= 11 is 2.67. The van der Waals surface area contributed by atoms with E-state index in [-0.39, 0.29) is 37.2 Å². The molecule has 0 bridgehead atoms. The fourth-order valence-electron chi connectivity index (χ4n) is 12.1. The monoisotopic (exact) mass is 1000 g/mol. The summed E-state index contributed by atoms with van der Waals surface area (Å²) in [6.07, 6.45) is 0. The minimum absolute atomic E-state index is 0. The Morgan fingerprint density at radius 1 is 0.277 bits per heavy atom. The molecule has 0 saturated heterocycles. The molecule has 4 rings (SSSR count). The van der Waals surface area contributed by atoms with Gasteiger partial charge in [0.05, 0.1) is 0 Å². The maximum atomic E-state index is 2.67. The van der Waals surface area contributed by atoms with Crippen molar-refractivity contribution in [3.05, 3.63) is 55.7 Å². The Labute approximate surface area is 428 Å². The van der Waals surface area contributed by atoms with E-state index in [4.69, 9.17) is 0 Å². The smallest absolute Gasteiger partial charge is 1.00 e. The second kappa shape index (κ2) is 21.2. The third kappa shape index (κ3) is 8.77. The van der Waals surface area contributed by atoms with Crippen molar-refractivity contribution in [3.63, 3.8) is 0 Å². The largest absolute Gasteiger partial charge is 1.00 e. The minimum atomic E-state index is -3.66. The van der Waals surface area contributed by atoms with Crippen LogP contribution in [0.4, 0.5) is 51.2 Å². The van der Waals surface area contributed by atoms with Crippen molar-refractivity contribution in [3.8, 4) is 0 Å². The van der Waals surface area contributed by atoms with Gasteiger partial charge in [0.15, 0.2) is 0 Å². The molecule has 0 saturated carbocycles. The summed E-state index contributed by atoms with van der Waals surface area (Å²) in [6, 6.07) is 0. The molecule has 14 heteroatoms. The molecule has 0 amide bonds. The van der Waals surface area contributed by atoms with Crippen molar-refractivity contribution in [1.82, 2.24) is 0 Å². The summed E-state index contributed by atoms with van der Waals surface area (Å²) in [4.78, 5) is 21.5. The predicted molar refractivity (Wildman–Crippen MR) is 281 cm³/mol. The van der Waals surface area contributed by atoms with Gasteiger partial charge in [0.25, 0.3) is 0 Å². The number of hydrogen-bond donors (Lipinski definition) is 0. The number of anilines is 9. The minimum Gasteiger partial charge on any atom is -1.00 e. The van der Waals surface area contributed by atoms with E-state index in [1.807, 2.05) is 0 Å². The summed E-state index contributed by atoms with van der Waals surface area (Å²) < 4.78 is -0.428. The first-order chi connectivity index (χ1) is 28.4. The van der Waals surface area contributed by atoms with E-state index in [1.54, 1.807) is 0 Å². The zero-order valence-electron chi connectivity index (χ0n) is 45.7. The van der Waals surface area contributed by atoms with E-state index in [2.05, 4.69) is 261 Å². The Bertz CT molecular complexity index is 2110. The molecule has 3 aromatic carbocycles. The Morgan fingerprint density at radius 3 is 0.585 bits per heavy atom. The van der Waals surface area contributed by atoms with Gasteiger partial charge in [-0.1, -0.05) is 0 Å². The molecule has 362 valence electrons. The maximum Gasteiger partial charge on any atom is -1.00 e. The van der Waals surface area contributed by atoms with Gasteiger partial charge in [-0.25, -0.2) is 0 Å². The van der Waals surface area contributed by atoms with Gasteiger partial charge in [-0.05, 0) is 0 Å². The van der Waals surface area contributed by atoms with Crippen LogP contribution in [0.15, 0.2) is 22.3 Å². The van der Waals surface area contributed by atoms with Gasteiger partial charge in [0.2, 0.25) is 0 Å². The van der Waals surface area contributed by atoms with Crippen molar-refractivity contribution in [1.29, 1.82) is 0 Å². The normalized spacial score (nSPS) is 13.3. The van der Waals surface area contributed by atoms with E-state index in [9.17, 15) is 0 Å². The third-order valence-corrected chi connectivity index (χ3v) is 23.1. The Balaban J connectivity index is 0.00000704. The van der Waals surface area contributed by atoms with Gasteiger partial charge in [0, 0.05) is 0 Å². The van der Waals surface area contributed by atoms with Crippen LogP contribution in [0.3, 0.4) is 0 Å². The molecule has 1 aliphatic rings. The number of rotatable bonds is 13. The van der Waals surface area contributed by atoms with E-state index in [0.717, 1.165) is 0 Å². The molecule has 3 aromatic rings. The topological polar surface area (TPSA) is 29.2 Å². The van der Waals surface area contributed by atoms with Gasteiger partial charge in [0.1, 0.15) is 0 Å². The van der Waals surface area contributed by atoms with Crippen molar-refractivity contribution in [2.45, 2.75) is 72.6 Å². The van der Waals surface area contributed by atoms with Crippen molar-refractivity contribution < 1.29 is 57.7 Å². The van der Waals surface area contributed by atoms with E-state index < -0.39 is 11.4 Å². The first-order valence-corrected chi connectivity index (χ1v) is 24.8. The second-order valence-electron chi connectivity index (χ2n) is 20.1. The first-order valence-electron chi connectivity index (χ1n) is 22.1. The van der Waals surface area contributed by atoms with E-state index in [0.29, 0.717) is 0 Å². The number of allylic oxidation sites excluding steroid dienone is 4. The number of benzene rings is 3. The van der Waals surface area contributed by atoms with Crippen molar-refractivity contribution >= 4 is 74.8 Å². The molecule has 9 nitrogen and oxygen atoms in total. The summed E-state index contributed by atoms with van der Waals surface area (Å²) in [5, 5.41) is 4.46. The summed E-state index contributed by atoms with van der Waals surface area (Å²) in [6.45, 7) is 24.3. The number of nitrogens with zero attached hydrogens (tertiary/aromatic N) is 9. The molecule has 0 aromatic heterocycles. The Hall–Kier alpha value is -2.86. The van der Waals surface area contributed by atoms with Crippen LogP contribution in [0.25, 0.3) is 0 Å². The SMILES string of the molecule is CC1=C(C)[C]([Ti+3])([Si](c2c(C)c(N(C)C)c(N(C)C)c(C)c2N(C)C)(c2c(C)c(N(C)C)c(N(C)C)c(C)c2N(C)C)c2c(C)c(N(C)C)c(N(C)C)c(C)c2N(C)C)C(C)=C1C.[Cl-].[Cl-].[Cl-]. The quantitative estimate of drug-likeness (QED) is 0.151. The fourth-order valence-corrected chi connectivity index (χ4v) is 22.2. The van der Waals surface area contributed by atoms with Crippen LogP contribution in [0, 0.1) is 41.5 Å². The predicted octanol–water partition coefficient (Wildman–Crippen LogP) is -1.46. The molecular formula is C51H84Cl3N9SiTi. The van der Waals surface area contributed by atoms with Gasteiger partial charge in [-0.2, -0.15) is 0 Å². The van der Waals surface area contributed by atoms with Crippen LogP contribution in [0.1, 0.15) is 61.1 Å².